The van der Waals surface area contributed by atoms with Crippen molar-refractivity contribution in [2.45, 2.75) is 33.1 Å². The summed E-state index contributed by atoms with van der Waals surface area (Å²) in [6.45, 7) is 4.94. The molecule has 1 heterocycles. The highest BCUT2D eigenvalue weighted by Crippen LogP contribution is 2.07. The predicted octanol–water partition coefficient (Wildman–Crippen LogP) is 2.39. The van der Waals surface area contributed by atoms with E-state index in [1.165, 1.54) is 18.5 Å². The molecule has 1 aromatic heterocycles. The minimum Gasteiger partial charge on any atom is -0.371 e. The monoisotopic (exact) mass is 249 g/mol. The minimum absolute atomic E-state index is 0.154. The Balaban J connectivity index is 2.05. The van der Waals surface area contributed by atoms with Gasteiger partial charge in [-0.25, -0.2) is 14.1 Å². The molecule has 0 N–H and O–H groups in total. The van der Waals surface area contributed by atoms with Gasteiger partial charge >= 0.3 is 0 Å². The summed E-state index contributed by atoms with van der Waals surface area (Å²) < 4.78 is 20.1. The minimum atomic E-state index is -0.235. The molecule has 0 amide bonds. The van der Waals surface area contributed by atoms with Gasteiger partial charge in [-0.05, 0) is 31.5 Å². The van der Waals surface area contributed by atoms with Crippen LogP contribution in [0.25, 0.3) is 0 Å². The highest BCUT2D eigenvalue weighted by atomic mass is 19.1. The lowest BCUT2D eigenvalue weighted by Gasteiger charge is -2.09. The van der Waals surface area contributed by atoms with Gasteiger partial charge in [0.2, 0.25) is 0 Å². The van der Waals surface area contributed by atoms with Crippen molar-refractivity contribution in [2.24, 2.45) is 0 Å². The number of benzene rings is 1. The van der Waals surface area contributed by atoms with Gasteiger partial charge in [0.1, 0.15) is 18.8 Å². The van der Waals surface area contributed by atoms with Crippen molar-refractivity contribution in [1.29, 1.82) is 0 Å². The van der Waals surface area contributed by atoms with Crippen LogP contribution in [0.4, 0.5) is 4.39 Å². The van der Waals surface area contributed by atoms with E-state index in [4.69, 9.17) is 4.74 Å². The van der Waals surface area contributed by atoms with E-state index >= 15 is 0 Å². The fourth-order valence-corrected chi connectivity index (χ4v) is 1.54. The van der Waals surface area contributed by atoms with Crippen molar-refractivity contribution in [3.05, 3.63) is 47.8 Å². The first-order valence-electron chi connectivity index (χ1n) is 5.88. The molecule has 0 saturated heterocycles. The average molecular weight is 249 g/mol. The van der Waals surface area contributed by atoms with E-state index in [1.54, 1.807) is 16.8 Å². The Hall–Kier alpha value is -1.75. The van der Waals surface area contributed by atoms with Crippen molar-refractivity contribution in [3.8, 4) is 0 Å². The highest BCUT2D eigenvalue weighted by Gasteiger charge is 2.06. The average Bonchev–Trinajstić information content (AvgIpc) is 2.77. The Morgan fingerprint density at radius 1 is 1.28 bits per heavy atom. The van der Waals surface area contributed by atoms with E-state index in [1.807, 2.05) is 13.8 Å². The summed E-state index contributed by atoms with van der Waals surface area (Å²) in [5.41, 5.74) is 0.979. The van der Waals surface area contributed by atoms with Gasteiger partial charge in [-0.15, -0.1) is 0 Å². The quantitative estimate of drug-likeness (QED) is 0.816. The maximum Gasteiger partial charge on any atom is 0.153 e. The van der Waals surface area contributed by atoms with Crippen LogP contribution in [0, 0.1) is 5.82 Å². The lowest BCUT2D eigenvalue weighted by molar-refractivity contribution is 0.0591. The van der Waals surface area contributed by atoms with Crippen LogP contribution in [0.5, 0.6) is 0 Å². The van der Waals surface area contributed by atoms with Gasteiger partial charge < -0.3 is 4.74 Å². The summed E-state index contributed by atoms with van der Waals surface area (Å²) >= 11 is 0. The molecule has 0 aliphatic rings. The Kier molecular flexibility index (Phi) is 4.04. The second-order valence-electron chi connectivity index (χ2n) is 4.32. The van der Waals surface area contributed by atoms with Gasteiger partial charge in [0.25, 0.3) is 0 Å². The predicted molar refractivity (Wildman–Crippen MR) is 65.4 cm³/mol. The Morgan fingerprint density at radius 3 is 2.67 bits per heavy atom. The third-order valence-electron chi connectivity index (χ3n) is 2.49. The molecule has 0 aliphatic carbocycles. The molecule has 1 aromatic carbocycles. The van der Waals surface area contributed by atoms with Gasteiger partial charge in [-0.3, -0.25) is 0 Å². The zero-order valence-electron chi connectivity index (χ0n) is 10.5. The fourth-order valence-electron chi connectivity index (χ4n) is 1.54. The first kappa shape index (κ1) is 12.7. The third kappa shape index (κ3) is 3.37. The standard InChI is InChI=1S/C13H16FN3O/c1-10(2)18-8-13-15-9-16-17(13)7-11-3-5-12(14)6-4-11/h3-6,9-10H,7-8H2,1-2H3. The maximum absolute atomic E-state index is 12.8. The van der Waals surface area contributed by atoms with Crippen molar-refractivity contribution >= 4 is 0 Å². The zero-order chi connectivity index (χ0) is 13.0. The topological polar surface area (TPSA) is 39.9 Å². The van der Waals surface area contributed by atoms with Crippen molar-refractivity contribution in [2.75, 3.05) is 0 Å². The van der Waals surface area contributed by atoms with Gasteiger partial charge in [-0.2, -0.15) is 5.10 Å². The molecule has 0 aliphatic heterocycles. The van der Waals surface area contributed by atoms with Gasteiger partial charge in [0.05, 0.1) is 12.6 Å². The number of hydrogen-bond donors (Lipinski definition) is 0. The molecular weight excluding hydrogens is 233 g/mol. The highest BCUT2D eigenvalue weighted by molar-refractivity contribution is 5.16. The number of halogens is 1. The number of ether oxygens (including phenoxy) is 1. The summed E-state index contributed by atoms with van der Waals surface area (Å²) in [6.07, 6.45) is 1.66. The summed E-state index contributed by atoms with van der Waals surface area (Å²) in [5.74, 6) is 0.536. The van der Waals surface area contributed by atoms with Crippen LogP contribution in [-0.4, -0.2) is 20.9 Å². The van der Waals surface area contributed by atoms with E-state index in [9.17, 15) is 4.39 Å². The smallest absolute Gasteiger partial charge is 0.153 e. The molecule has 0 fully saturated rings. The number of nitrogens with zero attached hydrogens (tertiary/aromatic N) is 3. The molecule has 0 atom stereocenters. The molecule has 0 unspecified atom stereocenters. The molecule has 0 bridgehead atoms. The maximum atomic E-state index is 12.8. The van der Waals surface area contributed by atoms with Crippen molar-refractivity contribution in [3.63, 3.8) is 0 Å². The van der Waals surface area contributed by atoms with Crippen LogP contribution in [-0.2, 0) is 17.9 Å². The Bertz CT molecular complexity index is 493. The molecule has 4 nitrogen and oxygen atoms in total. The number of rotatable bonds is 5. The lowest BCUT2D eigenvalue weighted by atomic mass is 10.2. The molecule has 0 saturated carbocycles. The van der Waals surface area contributed by atoms with E-state index in [0.29, 0.717) is 13.2 Å². The molecule has 2 aromatic rings. The molecule has 0 radical (unpaired) electrons. The van der Waals surface area contributed by atoms with Crippen LogP contribution in [0.1, 0.15) is 25.2 Å². The SMILES string of the molecule is CC(C)OCc1ncnn1Cc1ccc(F)cc1. The van der Waals surface area contributed by atoms with Gasteiger partial charge in [0.15, 0.2) is 5.82 Å². The van der Waals surface area contributed by atoms with Crippen LogP contribution in [0.3, 0.4) is 0 Å². The summed E-state index contributed by atoms with van der Waals surface area (Å²) in [4.78, 5) is 4.15. The zero-order valence-corrected chi connectivity index (χ0v) is 10.5. The van der Waals surface area contributed by atoms with Crippen LogP contribution in [0.2, 0.25) is 0 Å². The Labute approximate surface area is 105 Å². The summed E-state index contributed by atoms with van der Waals surface area (Å²) in [5, 5.41) is 4.14. The first-order valence-corrected chi connectivity index (χ1v) is 5.88. The molecule has 18 heavy (non-hydrogen) atoms. The second kappa shape index (κ2) is 5.73. The summed E-state index contributed by atoms with van der Waals surface area (Å²) in [7, 11) is 0. The van der Waals surface area contributed by atoms with Crippen molar-refractivity contribution in [1.82, 2.24) is 14.8 Å². The second-order valence-corrected chi connectivity index (χ2v) is 4.32. The van der Waals surface area contributed by atoms with E-state index in [0.717, 1.165) is 11.4 Å². The number of aromatic nitrogens is 3. The van der Waals surface area contributed by atoms with Gasteiger partial charge in [-0.1, -0.05) is 12.1 Å². The lowest BCUT2D eigenvalue weighted by Crippen LogP contribution is -2.11. The largest absolute Gasteiger partial charge is 0.371 e. The van der Waals surface area contributed by atoms with Crippen LogP contribution < -0.4 is 0 Å². The Morgan fingerprint density at radius 2 is 2.00 bits per heavy atom. The van der Waals surface area contributed by atoms with Gasteiger partial charge in [0, 0.05) is 0 Å². The number of hydrogen-bond acceptors (Lipinski definition) is 3. The van der Waals surface area contributed by atoms with Crippen LogP contribution in [0.15, 0.2) is 30.6 Å². The van der Waals surface area contributed by atoms with Crippen LogP contribution >= 0.6 is 0 Å². The molecule has 0 spiro atoms. The van der Waals surface area contributed by atoms with E-state index in [2.05, 4.69) is 10.1 Å². The van der Waals surface area contributed by atoms with Crippen molar-refractivity contribution < 1.29 is 9.13 Å². The van der Waals surface area contributed by atoms with E-state index < -0.39 is 0 Å². The third-order valence-corrected chi connectivity index (χ3v) is 2.49. The fraction of sp³-hybridized carbons (Fsp3) is 0.385. The molecular formula is C13H16FN3O. The summed E-state index contributed by atoms with van der Waals surface area (Å²) in [6, 6.07) is 6.36. The van der Waals surface area contributed by atoms with E-state index in [-0.39, 0.29) is 11.9 Å². The molecule has 2 rings (SSSR count). The normalized spacial score (nSPS) is 11.1. The molecule has 96 valence electrons. The first-order chi connectivity index (χ1) is 8.65. The molecule has 5 heteroatoms.